The summed E-state index contributed by atoms with van der Waals surface area (Å²) >= 11 is 5.75. The van der Waals surface area contributed by atoms with Crippen LogP contribution in [-0.2, 0) is 10.9 Å². The second-order valence-corrected chi connectivity index (χ2v) is 6.98. The van der Waals surface area contributed by atoms with Crippen molar-refractivity contribution in [2.75, 3.05) is 11.6 Å². The second-order valence-electron chi connectivity index (χ2n) is 4.47. The Balaban J connectivity index is 2.10. The summed E-state index contributed by atoms with van der Waals surface area (Å²) in [5, 5.41) is 0. The summed E-state index contributed by atoms with van der Waals surface area (Å²) in [6.45, 7) is 0. The molecule has 2 heteroatoms. The molecule has 0 aliphatic heterocycles. The van der Waals surface area contributed by atoms with E-state index in [0.717, 1.165) is 12.3 Å². The first-order valence-corrected chi connectivity index (χ1v) is 8.71. The van der Waals surface area contributed by atoms with Gasteiger partial charge in [-0.15, -0.1) is 11.6 Å². The Hall–Kier alpha value is -0.920. The summed E-state index contributed by atoms with van der Waals surface area (Å²) in [6, 6.07) is 21.7. The zero-order chi connectivity index (χ0) is 13.3. The van der Waals surface area contributed by atoms with E-state index in [-0.39, 0.29) is 10.9 Å². The van der Waals surface area contributed by atoms with Crippen molar-refractivity contribution in [2.45, 2.75) is 29.1 Å². The third kappa shape index (κ3) is 4.59. The zero-order valence-corrected chi connectivity index (χ0v) is 12.7. The van der Waals surface area contributed by atoms with Gasteiger partial charge in [-0.1, -0.05) is 36.4 Å². The van der Waals surface area contributed by atoms with Gasteiger partial charge in [-0.05, 0) is 43.5 Å². The van der Waals surface area contributed by atoms with Gasteiger partial charge < -0.3 is 0 Å². The average molecular weight is 292 g/mol. The minimum Gasteiger partial charge on any atom is -0.127 e. The summed E-state index contributed by atoms with van der Waals surface area (Å²) in [7, 11) is 0.202. The highest BCUT2D eigenvalue weighted by atomic mass is 35.5. The van der Waals surface area contributed by atoms with Gasteiger partial charge in [0.15, 0.2) is 9.79 Å². The Kier molecular flexibility index (Phi) is 6.32. The highest BCUT2D eigenvalue weighted by Gasteiger charge is 2.23. The van der Waals surface area contributed by atoms with Crippen LogP contribution in [0.3, 0.4) is 0 Å². The average Bonchev–Trinajstić information content (AvgIpc) is 2.49. The smallest absolute Gasteiger partial charge is 0.127 e. The number of unbranched alkanes of at least 4 members (excludes halogenated alkanes) is 2. The van der Waals surface area contributed by atoms with Gasteiger partial charge in [0.2, 0.25) is 0 Å². The van der Waals surface area contributed by atoms with Crippen molar-refractivity contribution < 1.29 is 0 Å². The molecular formula is C17H20ClS+. The molecule has 0 saturated heterocycles. The fourth-order valence-electron chi connectivity index (χ4n) is 2.06. The summed E-state index contributed by atoms with van der Waals surface area (Å²) in [5.41, 5.74) is 0. The molecule has 0 spiro atoms. The maximum atomic E-state index is 5.75. The molecule has 0 aliphatic carbocycles. The molecule has 100 valence electrons. The first-order chi connectivity index (χ1) is 9.42. The van der Waals surface area contributed by atoms with Crippen molar-refractivity contribution >= 4 is 22.5 Å². The van der Waals surface area contributed by atoms with E-state index in [1.165, 1.54) is 28.4 Å². The highest BCUT2D eigenvalue weighted by Crippen LogP contribution is 2.24. The van der Waals surface area contributed by atoms with E-state index in [9.17, 15) is 0 Å². The lowest BCUT2D eigenvalue weighted by molar-refractivity contribution is 0.780. The molecule has 0 nitrogen and oxygen atoms in total. The van der Waals surface area contributed by atoms with Crippen LogP contribution in [0.2, 0.25) is 0 Å². The van der Waals surface area contributed by atoms with E-state index in [0.29, 0.717) is 0 Å². The fraction of sp³-hybridized carbons (Fsp3) is 0.294. The lowest BCUT2D eigenvalue weighted by Crippen LogP contribution is -2.08. The van der Waals surface area contributed by atoms with Crippen LogP contribution in [0.25, 0.3) is 0 Å². The van der Waals surface area contributed by atoms with Crippen LogP contribution in [0.4, 0.5) is 0 Å². The largest absolute Gasteiger partial charge is 0.160 e. The molecule has 0 amide bonds. The molecule has 0 heterocycles. The minimum absolute atomic E-state index is 0.202. The first kappa shape index (κ1) is 14.5. The summed E-state index contributed by atoms with van der Waals surface area (Å²) in [6.07, 6.45) is 3.61. The molecule has 2 rings (SSSR count). The van der Waals surface area contributed by atoms with E-state index in [4.69, 9.17) is 11.6 Å². The third-order valence-electron chi connectivity index (χ3n) is 3.04. The predicted octanol–water partition coefficient (Wildman–Crippen LogP) is 5.13. The molecule has 19 heavy (non-hydrogen) atoms. The standard InChI is InChI=1S/C17H20ClS/c18-14-8-3-9-15-19(16-10-4-1-5-11-16)17-12-6-2-7-13-17/h1-2,4-7,10-13H,3,8-9,14-15H2/q+1. The van der Waals surface area contributed by atoms with Crippen LogP contribution in [0.1, 0.15) is 19.3 Å². The van der Waals surface area contributed by atoms with Crippen LogP contribution in [0, 0.1) is 0 Å². The summed E-state index contributed by atoms with van der Waals surface area (Å²) in [5.74, 6) is 2.01. The van der Waals surface area contributed by atoms with Gasteiger partial charge in [0.1, 0.15) is 5.75 Å². The van der Waals surface area contributed by atoms with Crippen molar-refractivity contribution in [2.24, 2.45) is 0 Å². The van der Waals surface area contributed by atoms with Gasteiger partial charge in [0.25, 0.3) is 0 Å². The Bertz CT molecular complexity index is 416. The lowest BCUT2D eigenvalue weighted by atomic mass is 10.3. The number of benzene rings is 2. The minimum atomic E-state index is 0.202. The Morgan fingerprint density at radius 1 is 0.684 bits per heavy atom. The molecule has 0 aliphatic rings. The maximum Gasteiger partial charge on any atom is 0.160 e. The van der Waals surface area contributed by atoms with Crippen molar-refractivity contribution in [1.29, 1.82) is 0 Å². The van der Waals surface area contributed by atoms with Crippen LogP contribution in [0.15, 0.2) is 70.5 Å². The van der Waals surface area contributed by atoms with Gasteiger partial charge in [-0.3, -0.25) is 0 Å². The Labute approximate surface area is 124 Å². The second kappa shape index (κ2) is 8.29. The number of alkyl halides is 1. The lowest BCUT2D eigenvalue weighted by Gasteiger charge is -2.07. The van der Waals surface area contributed by atoms with Crippen LogP contribution in [0.5, 0.6) is 0 Å². The normalized spacial score (nSPS) is 10.8. The van der Waals surface area contributed by atoms with Crippen LogP contribution in [-0.4, -0.2) is 11.6 Å². The molecule has 0 aromatic heterocycles. The molecule has 0 bridgehead atoms. The number of rotatable bonds is 7. The van der Waals surface area contributed by atoms with E-state index in [1.807, 2.05) is 0 Å². The van der Waals surface area contributed by atoms with Crippen molar-refractivity contribution in [3.05, 3.63) is 60.7 Å². The third-order valence-corrected chi connectivity index (χ3v) is 5.68. The molecular weight excluding hydrogens is 272 g/mol. The highest BCUT2D eigenvalue weighted by molar-refractivity contribution is 7.97. The van der Waals surface area contributed by atoms with E-state index in [2.05, 4.69) is 60.7 Å². The van der Waals surface area contributed by atoms with E-state index < -0.39 is 0 Å². The zero-order valence-electron chi connectivity index (χ0n) is 11.1. The molecule has 0 N–H and O–H groups in total. The molecule has 0 fully saturated rings. The quantitative estimate of drug-likeness (QED) is 0.377. The molecule has 2 aromatic carbocycles. The molecule has 0 saturated carbocycles. The summed E-state index contributed by atoms with van der Waals surface area (Å²) in [4.78, 5) is 2.89. The monoisotopic (exact) mass is 291 g/mol. The van der Waals surface area contributed by atoms with Gasteiger partial charge in [0.05, 0.1) is 10.9 Å². The number of hydrogen-bond acceptors (Lipinski definition) is 0. The van der Waals surface area contributed by atoms with Crippen molar-refractivity contribution in [3.8, 4) is 0 Å². The van der Waals surface area contributed by atoms with Gasteiger partial charge in [0, 0.05) is 5.88 Å². The van der Waals surface area contributed by atoms with Gasteiger partial charge >= 0.3 is 0 Å². The molecule has 2 aromatic rings. The Morgan fingerprint density at radius 2 is 1.21 bits per heavy atom. The predicted molar refractivity (Wildman–Crippen MR) is 86.2 cm³/mol. The molecule has 0 unspecified atom stereocenters. The van der Waals surface area contributed by atoms with E-state index in [1.54, 1.807) is 0 Å². The topological polar surface area (TPSA) is 0 Å². The van der Waals surface area contributed by atoms with E-state index >= 15 is 0 Å². The molecule has 0 atom stereocenters. The van der Waals surface area contributed by atoms with Crippen LogP contribution >= 0.6 is 11.6 Å². The van der Waals surface area contributed by atoms with Gasteiger partial charge in [-0.2, -0.15) is 0 Å². The SMILES string of the molecule is ClCCCCC[S+](c1ccccc1)c1ccccc1. The fourth-order valence-corrected chi connectivity index (χ4v) is 4.46. The Morgan fingerprint density at radius 3 is 1.68 bits per heavy atom. The first-order valence-electron chi connectivity index (χ1n) is 6.79. The van der Waals surface area contributed by atoms with Crippen molar-refractivity contribution in [3.63, 3.8) is 0 Å². The van der Waals surface area contributed by atoms with Crippen LogP contribution < -0.4 is 0 Å². The number of halogens is 1. The van der Waals surface area contributed by atoms with Gasteiger partial charge in [-0.25, -0.2) is 0 Å². The summed E-state index contributed by atoms with van der Waals surface area (Å²) < 4.78 is 0. The number of hydrogen-bond donors (Lipinski definition) is 0. The van der Waals surface area contributed by atoms with Crippen molar-refractivity contribution in [1.82, 2.24) is 0 Å². The molecule has 0 radical (unpaired) electrons. The maximum absolute atomic E-state index is 5.75.